The number of aromatic nitrogens is 2. The SMILES string of the molecule is C[C@]12CC[C@](C)(CC(Cc3ccc(Cl)nn3)C1)N2[B]C=O. The molecule has 2 bridgehead atoms. The lowest BCUT2D eigenvalue weighted by molar-refractivity contribution is 0.0604. The van der Waals surface area contributed by atoms with Crippen LogP contribution in [0.2, 0.25) is 5.15 Å². The summed E-state index contributed by atoms with van der Waals surface area (Å²) in [5.74, 6) is 0.578. The Morgan fingerprint density at radius 1 is 1.33 bits per heavy atom. The van der Waals surface area contributed by atoms with E-state index in [1.54, 1.807) is 13.5 Å². The molecule has 0 amide bonds. The Morgan fingerprint density at radius 2 is 2.00 bits per heavy atom. The summed E-state index contributed by atoms with van der Waals surface area (Å²) in [5.41, 5.74) is 1.19. The average Bonchev–Trinajstić information content (AvgIpc) is 2.59. The molecule has 2 fully saturated rings. The number of halogens is 1. The topological polar surface area (TPSA) is 46.1 Å². The zero-order chi connectivity index (χ0) is 15.1. The summed E-state index contributed by atoms with van der Waals surface area (Å²) in [6.07, 6.45) is 6.35. The summed E-state index contributed by atoms with van der Waals surface area (Å²) < 4.78 is 0. The minimum atomic E-state index is 0.0957. The number of hydrogen-bond acceptors (Lipinski definition) is 4. The van der Waals surface area contributed by atoms with E-state index in [-0.39, 0.29) is 11.1 Å². The van der Waals surface area contributed by atoms with Gasteiger partial charge in [-0.25, -0.2) is 0 Å². The van der Waals surface area contributed by atoms with Gasteiger partial charge in [0, 0.05) is 11.1 Å². The Morgan fingerprint density at radius 3 is 2.52 bits per heavy atom. The van der Waals surface area contributed by atoms with Crippen molar-refractivity contribution in [2.45, 2.75) is 57.0 Å². The Balaban J connectivity index is 1.76. The highest BCUT2D eigenvalue weighted by Crippen LogP contribution is 2.52. The Bertz CT molecular complexity index is 520. The van der Waals surface area contributed by atoms with E-state index in [0.29, 0.717) is 11.1 Å². The first-order valence-electron chi connectivity index (χ1n) is 7.51. The summed E-state index contributed by atoms with van der Waals surface area (Å²) in [4.78, 5) is 13.3. The largest absolute Gasteiger partial charge is 0.330 e. The van der Waals surface area contributed by atoms with E-state index in [1.165, 1.54) is 0 Å². The van der Waals surface area contributed by atoms with E-state index in [2.05, 4.69) is 28.9 Å². The van der Waals surface area contributed by atoms with Crippen molar-refractivity contribution in [3.63, 3.8) is 0 Å². The highest BCUT2D eigenvalue weighted by molar-refractivity contribution is 6.64. The fourth-order valence-corrected chi connectivity index (χ4v) is 4.56. The van der Waals surface area contributed by atoms with Crippen LogP contribution in [0.1, 0.15) is 45.2 Å². The second-order valence-corrected chi connectivity index (χ2v) is 7.36. The molecule has 3 rings (SSSR count). The van der Waals surface area contributed by atoms with Crippen LogP contribution < -0.4 is 0 Å². The monoisotopic (exact) mass is 304 g/mol. The van der Waals surface area contributed by atoms with Gasteiger partial charge in [-0.15, -0.1) is 5.10 Å². The molecule has 3 atom stereocenters. The maximum atomic E-state index is 11.0. The first kappa shape index (κ1) is 15.0. The van der Waals surface area contributed by atoms with Gasteiger partial charge in [-0.1, -0.05) is 11.6 Å². The Hall–Kier alpha value is -0.935. The van der Waals surface area contributed by atoms with Crippen molar-refractivity contribution < 1.29 is 4.79 Å². The van der Waals surface area contributed by atoms with Crippen LogP contribution in [0.4, 0.5) is 0 Å². The molecule has 6 heteroatoms. The third-order valence-corrected chi connectivity index (χ3v) is 5.42. The van der Waals surface area contributed by atoms with Gasteiger partial charge in [-0.3, -0.25) is 0 Å². The van der Waals surface area contributed by atoms with Crippen LogP contribution in [-0.2, 0) is 11.2 Å². The van der Waals surface area contributed by atoms with Gasteiger partial charge in [0.25, 0.3) is 7.41 Å². The normalized spacial score (nSPS) is 35.7. The van der Waals surface area contributed by atoms with Crippen molar-refractivity contribution in [3.8, 4) is 0 Å². The van der Waals surface area contributed by atoms with Crippen LogP contribution in [-0.4, -0.2) is 39.7 Å². The number of nitrogens with zero attached hydrogens (tertiary/aromatic N) is 3. The molecule has 0 aromatic carbocycles. The van der Waals surface area contributed by atoms with Gasteiger partial charge in [-0.05, 0) is 64.0 Å². The van der Waals surface area contributed by atoms with Gasteiger partial charge in [-0.2, -0.15) is 5.10 Å². The van der Waals surface area contributed by atoms with E-state index in [4.69, 9.17) is 11.6 Å². The van der Waals surface area contributed by atoms with Crippen LogP contribution in [0.5, 0.6) is 0 Å². The van der Waals surface area contributed by atoms with E-state index < -0.39 is 0 Å². The Kier molecular flexibility index (Phi) is 3.82. The number of hydrogen-bond donors (Lipinski definition) is 0. The number of carbonyl (C=O) groups is 1. The van der Waals surface area contributed by atoms with Crippen LogP contribution in [0.25, 0.3) is 0 Å². The van der Waals surface area contributed by atoms with Crippen LogP contribution >= 0.6 is 11.6 Å². The first-order valence-corrected chi connectivity index (χ1v) is 7.89. The summed E-state index contributed by atoms with van der Waals surface area (Å²) in [6.45, 7) is 4.55. The van der Waals surface area contributed by atoms with Crippen molar-refractivity contribution in [2.75, 3.05) is 0 Å². The van der Waals surface area contributed by atoms with Crippen LogP contribution in [0.3, 0.4) is 0 Å². The second kappa shape index (κ2) is 5.36. The van der Waals surface area contributed by atoms with E-state index >= 15 is 0 Å². The Labute approximate surface area is 131 Å². The predicted molar refractivity (Wildman–Crippen MR) is 83.9 cm³/mol. The predicted octanol–water partition coefficient (Wildman–Crippen LogP) is 2.51. The fourth-order valence-electron chi connectivity index (χ4n) is 4.46. The third-order valence-electron chi connectivity index (χ3n) is 5.22. The lowest BCUT2D eigenvalue weighted by atomic mass is 9.70. The lowest BCUT2D eigenvalue weighted by Crippen LogP contribution is -2.58. The lowest BCUT2D eigenvalue weighted by Gasteiger charge is -2.51. The molecule has 111 valence electrons. The molecule has 2 aliphatic rings. The molecule has 0 saturated carbocycles. The highest BCUT2D eigenvalue weighted by Gasteiger charge is 2.54. The highest BCUT2D eigenvalue weighted by atomic mass is 35.5. The quantitative estimate of drug-likeness (QED) is 0.633. The molecule has 2 saturated heterocycles. The van der Waals surface area contributed by atoms with E-state index in [9.17, 15) is 4.79 Å². The molecule has 2 aliphatic heterocycles. The van der Waals surface area contributed by atoms with E-state index in [0.717, 1.165) is 44.0 Å². The fraction of sp³-hybridized carbons (Fsp3) is 0.667. The molecule has 1 aromatic rings. The van der Waals surface area contributed by atoms with Crippen molar-refractivity contribution in [3.05, 3.63) is 23.0 Å². The van der Waals surface area contributed by atoms with Crippen molar-refractivity contribution >= 4 is 25.2 Å². The molecule has 1 unspecified atom stereocenters. The van der Waals surface area contributed by atoms with Crippen molar-refractivity contribution in [1.82, 2.24) is 15.0 Å². The number of fused-ring (bicyclic) bond motifs is 2. The van der Waals surface area contributed by atoms with Crippen molar-refractivity contribution in [1.29, 1.82) is 0 Å². The molecule has 1 aromatic heterocycles. The van der Waals surface area contributed by atoms with Gasteiger partial charge in [0.05, 0.1) is 11.9 Å². The maximum Gasteiger partial charge on any atom is 0.294 e. The minimum Gasteiger partial charge on any atom is -0.330 e. The van der Waals surface area contributed by atoms with Gasteiger partial charge < -0.3 is 9.61 Å². The van der Waals surface area contributed by atoms with Gasteiger partial charge in [0.2, 0.25) is 0 Å². The zero-order valence-corrected chi connectivity index (χ0v) is 13.3. The molecule has 4 nitrogen and oxygen atoms in total. The molecule has 21 heavy (non-hydrogen) atoms. The number of piperidine rings is 1. The van der Waals surface area contributed by atoms with Gasteiger partial charge in [0.1, 0.15) is 0 Å². The van der Waals surface area contributed by atoms with Crippen molar-refractivity contribution in [2.24, 2.45) is 5.92 Å². The molecule has 0 spiro atoms. The smallest absolute Gasteiger partial charge is 0.294 e. The average molecular weight is 305 g/mol. The molecule has 3 heterocycles. The maximum absolute atomic E-state index is 11.0. The summed E-state index contributed by atoms with van der Waals surface area (Å²) in [7, 11) is 1.74. The molecule has 1 radical (unpaired) electrons. The van der Waals surface area contributed by atoms with Gasteiger partial charge in [0.15, 0.2) is 5.15 Å². The van der Waals surface area contributed by atoms with Gasteiger partial charge >= 0.3 is 0 Å². The number of carbonyl (C=O) groups excluding carboxylic acids is 1. The standard InChI is InChI=1S/C15H20BClN3O/c1-14-5-6-15(2,20(14)16-10-21)9-11(8-14)7-12-3-4-13(17)19-18-12/h3-4,10-11H,5-9H2,1-2H3/t11?,14-,15+. The minimum absolute atomic E-state index is 0.0957. The summed E-state index contributed by atoms with van der Waals surface area (Å²) in [6, 6.07) is 3.77. The van der Waals surface area contributed by atoms with Crippen LogP contribution in [0.15, 0.2) is 12.1 Å². The number of rotatable bonds is 4. The van der Waals surface area contributed by atoms with E-state index in [1.807, 2.05) is 6.07 Å². The van der Waals surface area contributed by atoms with Crippen LogP contribution in [0, 0.1) is 5.92 Å². The summed E-state index contributed by atoms with van der Waals surface area (Å²) in [5, 5.41) is 8.55. The second-order valence-electron chi connectivity index (χ2n) is 6.97. The third kappa shape index (κ3) is 2.73. The summed E-state index contributed by atoms with van der Waals surface area (Å²) >= 11 is 5.79. The molecule has 0 aliphatic carbocycles. The molecular weight excluding hydrogens is 284 g/mol. The molecular formula is C15H20BClN3O. The zero-order valence-electron chi connectivity index (χ0n) is 12.6. The first-order chi connectivity index (χ1) is 9.95. The molecule has 0 N–H and O–H groups in total.